The van der Waals surface area contributed by atoms with Gasteiger partial charge in [0.2, 0.25) is 0 Å². The molecule has 0 radical (unpaired) electrons. The number of aliphatic hydroxyl groups is 1. The van der Waals surface area contributed by atoms with Gasteiger partial charge in [0.15, 0.2) is 0 Å². The zero-order chi connectivity index (χ0) is 20.9. The van der Waals surface area contributed by atoms with E-state index in [0.29, 0.717) is 6.61 Å². The minimum absolute atomic E-state index is 0.0895. The number of hydrogen-bond acceptors (Lipinski definition) is 5. The number of carboxylic acid groups (broad SMARTS) is 1. The van der Waals surface area contributed by atoms with Crippen molar-refractivity contribution in [3.8, 4) is 5.75 Å². The van der Waals surface area contributed by atoms with Gasteiger partial charge in [0, 0.05) is 18.5 Å². The number of carboxylic acids is 1. The Hall–Kier alpha value is -3.03. The van der Waals surface area contributed by atoms with Crippen molar-refractivity contribution in [1.29, 1.82) is 0 Å². The van der Waals surface area contributed by atoms with E-state index in [-0.39, 0.29) is 18.7 Å². The first-order valence-electron chi connectivity index (χ1n) is 9.11. The van der Waals surface area contributed by atoms with Crippen molar-refractivity contribution in [2.45, 2.75) is 45.7 Å². The molecule has 3 N–H and O–H groups in total. The number of nitrogens with one attached hydrogen (secondary N) is 1. The number of carbonyl (C=O) groups is 3. The Morgan fingerprint density at radius 2 is 1.89 bits per heavy atom. The van der Waals surface area contributed by atoms with Gasteiger partial charge in [-0.3, -0.25) is 14.4 Å². The van der Waals surface area contributed by atoms with E-state index in [1.165, 1.54) is 4.90 Å². The van der Waals surface area contributed by atoms with Gasteiger partial charge in [-0.2, -0.15) is 0 Å². The van der Waals surface area contributed by atoms with Crippen LogP contribution in [-0.4, -0.2) is 51.6 Å². The summed E-state index contributed by atoms with van der Waals surface area (Å²) in [6, 6.07) is 7.33. The lowest BCUT2D eigenvalue weighted by atomic mass is 9.88. The predicted molar refractivity (Wildman–Crippen MR) is 102 cm³/mol. The standard InChI is InChI=1S/C20H26N2O6/c1-4-9-28-14-7-5-13(6-8-14)12-22-19(27)17(15(23)10-20(22,2)3)18(26)21-11-16(24)25/h5-8,23H,4,9-12H2,1-3H3,(H,21,26)(H,24,25). The molecule has 0 saturated carbocycles. The van der Waals surface area contributed by atoms with Crippen molar-refractivity contribution in [3.63, 3.8) is 0 Å². The molecular weight excluding hydrogens is 364 g/mol. The van der Waals surface area contributed by atoms with Crippen LogP contribution in [-0.2, 0) is 20.9 Å². The van der Waals surface area contributed by atoms with Crippen LogP contribution >= 0.6 is 0 Å². The highest BCUT2D eigenvalue weighted by atomic mass is 16.5. The zero-order valence-corrected chi connectivity index (χ0v) is 16.3. The van der Waals surface area contributed by atoms with Crippen molar-refractivity contribution in [1.82, 2.24) is 10.2 Å². The average Bonchev–Trinajstić information content (AvgIpc) is 2.62. The Morgan fingerprint density at radius 1 is 1.25 bits per heavy atom. The van der Waals surface area contributed by atoms with E-state index in [4.69, 9.17) is 9.84 Å². The van der Waals surface area contributed by atoms with E-state index in [9.17, 15) is 19.5 Å². The van der Waals surface area contributed by atoms with Gasteiger partial charge in [-0.1, -0.05) is 19.1 Å². The smallest absolute Gasteiger partial charge is 0.322 e. The molecule has 1 aromatic rings. The fraction of sp³-hybridized carbons (Fsp3) is 0.450. The molecule has 2 amide bonds. The lowest BCUT2D eigenvalue weighted by Gasteiger charge is -2.42. The van der Waals surface area contributed by atoms with Crippen LogP contribution in [0.5, 0.6) is 5.75 Å². The first kappa shape index (κ1) is 21.3. The summed E-state index contributed by atoms with van der Waals surface area (Å²) in [5.41, 5.74) is -0.282. The normalized spacial score (nSPS) is 16.1. The predicted octanol–water partition coefficient (Wildman–Crippen LogP) is 2.00. The van der Waals surface area contributed by atoms with E-state index >= 15 is 0 Å². The molecule has 2 rings (SSSR count). The average molecular weight is 390 g/mol. The van der Waals surface area contributed by atoms with Crippen LogP contribution in [0.4, 0.5) is 0 Å². The maximum Gasteiger partial charge on any atom is 0.322 e. The summed E-state index contributed by atoms with van der Waals surface area (Å²) >= 11 is 0. The third-order valence-electron chi connectivity index (χ3n) is 4.44. The molecule has 0 fully saturated rings. The maximum absolute atomic E-state index is 12.9. The zero-order valence-electron chi connectivity index (χ0n) is 16.3. The van der Waals surface area contributed by atoms with Crippen LogP contribution in [0, 0.1) is 0 Å². The van der Waals surface area contributed by atoms with Crippen molar-refractivity contribution in [3.05, 3.63) is 41.2 Å². The Balaban J connectivity index is 2.20. The van der Waals surface area contributed by atoms with Gasteiger partial charge >= 0.3 is 5.97 Å². The molecule has 0 unspecified atom stereocenters. The molecule has 0 aromatic heterocycles. The molecule has 1 aliphatic heterocycles. The lowest BCUT2D eigenvalue weighted by molar-refractivity contribution is -0.140. The van der Waals surface area contributed by atoms with Crippen LogP contribution in [0.25, 0.3) is 0 Å². The number of nitrogens with zero attached hydrogens (tertiary/aromatic N) is 1. The molecule has 8 nitrogen and oxygen atoms in total. The summed E-state index contributed by atoms with van der Waals surface area (Å²) in [5, 5.41) is 21.1. The number of aliphatic carboxylic acids is 1. The second-order valence-electron chi connectivity index (χ2n) is 7.27. The molecule has 0 aliphatic carbocycles. The van der Waals surface area contributed by atoms with E-state index in [2.05, 4.69) is 5.32 Å². The van der Waals surface area contributed by atoms with Crippen molar-refractivity contribution >= 4 is 17.8 Å². The molecular formula is C20H26N2O6. The summed E-state index contributed by atoms with van der Waals surface area (Å²) in [6.07, 6.45) is 0.993. The number of rotatable bonds is 8. The molecule has 1 aliphatic rings. The molecule has 1 heterocycles. The van der Waals surface area contributed by atoms with Crippen molar-refractivity contribution in [2.24, 2.45) is 0 Å². The van der Waals surface area contributed by atoms with Crippen LogP contribution in [0.2, 0.25) is 0 Å². The third-order valence-corrected chi connectivity index (χ3v) is 4.44. The Labute approximate surface area is 163 Å². The SMILES string of the molecule is CCCOc1ccc(CN2C(=O)C(C(=O)NCC(=O)O)=C(O)CC2(C)C)cc1. The molecule has 0 atom stereocenters. The first-order valence-corrected chi connectivity index (χ1v) is 9.11. The van der Waals surface area contributed by atoms with Crippen LogP contribution in [0.15, 0.2) is 35.6 Å². The number of benzene rings is 1. The number of ether oxygens (including phenoxy) is 1. The van der Waals surface area contributed by atoms with Crippen molar-refractivity contribution in [2.75, 3.05) is 13.2 Å². The van der Waals surface area contributed by atoms with Gasteiger partial charge in [0.25, 0.3) is 11.8 Å². The maximum atomic E-state index is 12.9. The molecule has 0 saturated heterocycles. The second kappa shape index (κ2) is 8.77. The van der Waals surface area contributed by atoms with E-state index < -0.39 is 35.4 Å². The Kier molecular flexibility index (Phi) is 6.66. The number of carbonyl (C=O) groups excluding carboxylic acids is 2. The van der Waals surface area contributed by atoms with E-state index in [1.807, 2.05) is 31.2 Å². The van der Waals surface area contributed by atoms with Crippen LogP contribution in [0.1, 0.15) is 39.2 Å². The number of amides is 2. The van der Waals surface area contributed by atoms with E-state index in [1.54, 1.807) is 13.8 Å². The van der Waals surface area contributed by atoms with Crippen LogP contribution < -0.4 is 10.1 Å². The molecule has 28 heavy (non-hydrogen) atoms. The van der Waals surface area contributed by atoms with Crippen LogP contribution in [0.3, 0.4) is 0 Å². The largest absolute Gasteiger partial charge is 0.511 e. The van der Waals surface area contributed by atoms with Gasteiger partial charge < -0.3 is 25.2 Å². The summed E-state index contributed by atoms with van der Waals surface area (Å²) in [7, 11) is 0. The van der Waals surface area contributed by atoms with E-state index in [0.717, 1.165) is 17.7 Å². The van der Waals surface area contributed by atoms with Gasteiger partial charge in [0.1, 0.15) is 23.6 Å². The first-order chi connectivity index (χ1) is 13.2. The molecule has 0 bridgehead atoms. The molecule has 1 aromatic carbocycles. The highest BCUT2D eigenvalue weighted by Gasteiger charge is 2.42. The van der Waals surface area contributed by atoms with Gasteiger partial charge in [-0.25, -0.2) is 0 Å². The lowest BCUT2D eigenvalue weighted by Crippen LogP contribution is -2.53. The molecule has 152 valence electrons. The minimum atomic E-state index is -1.24. The number of aliphatic hydroxyl groups excluding tert-OH is 1. The summed E-state index contributed by atoms with van der Waals surface area (Å²) in [4.78, 5) is 37.3. The third kappa shape index (κ3) is 5.03. The molecule has 0 spiro atoms. The van der Waals surface area contributed by atoms with Crippen molar-refractivity contribution < 1.29 is 29.3 Å². The summed E-state index contributed by atoms with van der Waals surface area (Å²) in [6.45, 7) is 5.84. The Bertz CT molecular complexity index is 782. The highest BCUT2D eigenvalue weighted by Crippen LogP contribution is 2.33. The number of hydrogen-bond donors (Lipinski definition) is 3. The monoisotopic (exact) mass is 390 g/mol. The Morgan fingerprint density at radius 3 is 2.46 bits per heavy atom. The quantitative estimate of drug-likeness (QED) is 0.585. The fourth-order valence-electron chi connectivity index (χ4n) is 2.98. The topological polar surface area (TPSA) is 116 Å². The van der Waals surface area contributed by atoms with Gasteiger partial charge in [-0.15, -0.1) is 0 Å². The fourth-order valence-corrected chi connectivity index (χ4v) is 2.98. The second-order valence-corrected chi connectivity index (χ2v) is 7.27. The highest BCUT2D eigenvalue weighted by molar-refractivity contribution is 6.19. The van der Waals surface area contributed by atoms with Gasteiger partial charge in [-0.05, 0) is 38.0 Å². The summed E-state index contributed by atoms with van der Waals surface area (Å²) < 4.78 is 5.55. The summed E-state index contributed by atoms with van der Waals surface area (Å²) in [5.74, 6) is -2.37. The molecule has 8 heteroatoms. The minimum Gasteiger partial charge on any atom is -0.511 e. The van der Waals surface area contributed by atoms with Gasteiger partial charge in [0.05, 0.1) is 6.61 Å².